The third-order valence-corrected chi connectivity index (χ3v) is 4.96. The molecule has 0 aliphatic rings. The molecule has 0 saturated carbocycles. The van der Waals surface area contributed by atoms with Crippen molar-refractivity contribution in [3.63, 3.8) is 0 Å². The minimum absolute atomic E-state index is 0.123. The van der Waals surface area contributed by atoms with Crippen LogP contribution in [-0.2, 0) is 0 Å². The fraction of sp³-hybridized carbons (Fsp3) is 0.571. The Labute approximate surface area is 163 Å². The first-order valence-corrected chi connectivity index (χ1v) is 9.74. The van der Waals surface area contributed by atoms with Crippen LogP contribution in [0.25, 0.3) is 11.3 Å². The molecule has 148 valence electrons. The van der Waals surface area contributed by atoms with Gasteiger partial charge in [-0.1, -0.05) is 27.7 Å². The van der Waals surface area contributed by atoms with Gasteiger partial charge in [0, 0.05) is 29.7 Å². The highest BCUT2D eigenvalue weighted by Gasteiger charge is 2.22. The molecule has 6 nitrogen and oxygen atoms in total. The van der Waals surface area contributed by atoms with E-state index in [1.54, 1.807) is 0 Å². The summed E-state index contributed by atoms with van der Waals surface area (Å²) in [5, 5.41) is 3.11. The summed E-state index contributed by atoms with van der Waals surface area (Å²) in [6.45, 7) is 14.4. The number of hydrogen-bond donors (Lipinski definition) is 2. The molecule has 0 bridgehead atoms. The molecule has 0 aromatic carbocycles. The predicted octanol–water partition coefficient (Wildman–Crippen LogP) is 4.78. The van der Waals surface area contributed by atoms with E-state index in [2.05, 4.69) is 33.0 Å². The van der Waals surface area contributed by atoms with Crippen LogP contribution in [0.5, 0.6) is 5.88 Å². The van der Waals surface area contributed by atoms with E-state index in [0.717, 1.165) is 52.4 Å². The van der Waals surface area contributed by atoms with Gasteiger partial charge in [-0.05, 0) is 45.1 Å². The van der Waals surface area contributed by atoms with Crippen molar-refractivity contribution in [3.05, 3.63) is 22.6 Å². The molecule has 27 heavy (non-hydrogen) atoms. The Balaban J connectivity index is 2.62. The summed E-state index contributed by atoms with van der Waals surface area (Å²) in [5.74, 6) is 1.47. The SMILES string of the molecule is CCC(CC)Oc1nc(C)c(-c2c(C)nc(C(C)C)c(C)c2N)nc1NC. The molecule has 0 radical (unpaired) electrons. The first-order chi connectivity index (χ1) is 12.7. The molecule has 0 spiro atoms. The van der Waals surface area contributed by atoms with E-state index in [1.807, 2.05) is 27.8 Å². The quantitative estimate of drug-likeness (QED) is 0.728. The number of pyridine rings is 1. The molecule has 2 aromatic heterocycles. The van der Waals surface area contributed by atoms with E-state index in [0.29, 0.717) is 17.6 Å². The highest BCUT2D eigenvalue weighted by molar-refractivity contribution is 5.80. The van der Waals surface area contributed by atoms with Gasteiger partial charge in [-0.2, -0.15) is 0 Å². The highest BCUT2D eigenvalue weighted by atomic mass is 16.5. The Bertz CT molecular complexity index is 813. The highest BCUT2D eigenvalue weighted by Crippen LogP contribution is 2.36. The third-order valence-electron chi connectivity index (χ3n) is 4.96. The third kappa shape index (κ3) is 4.15. The Kier molecular flexibility index (Phi) is 6.63. The molecule has 2 heterocycles. The largest absolute Gasteiger partial charge is 0.472 e. The van der Waals surface area contributed by atoms with E-state index in [9.17, 15) is 0 Å². The first-order valence-electron chi connectivity index (χ1n) is 9.74. The lowest BCUT2D eigenvalue weighted by Gasteiger charge is -2.20. The number of hydrogen-bond acceptors (Lipinski definition) is 6. The van der Waals surface area contributed by atoms with Gasteiger partial charge in [0.25, 0.3) is 5.88 Å². The van der Waals surface area contributed by atoms with Gasteiger partial charge >= 0.3 is 0 Å². The lowest BCUT2D eigenvalue weighted by Crippen LogP contribution is -2.17. The van der Waals surface area contributed by atoms with Crippen LogP contribution in [0.2, 0.25) is 0 Å². The maximum atomic E-state index is 6.52. The fourth-order valence-electron chi connectivity index (χ4n) is 3.30. The van der Waals surface area contributed by atoms with Crippen molar-refractivity contribution in [1.82, 2.24) is 15.0 Å². The number of ether oxygens (including phenoxy) is 1. The summed E-state index contributed by atoms with van der Waals surface area (Å²) in [5.41, 5.74) is 12.5. The van der Waals surface area contributed by atoms with Crippen LogP contribution in [0, 0.1) is 20.8 Å². The molecule has 0 unspecified atom stereocenters. The minimum atomic E-state index is 0.123. The van der Waals surface area contributed by atoms with Gasteiger partial charge in [0.15, 0.2) is 5.82 Å². The van der Waals surface area contributed by atoms with Gasteiger partial charge in [-0.3, -0.25) is 4.98 Å². The van der Waals surface area contributed by atoms with Crippen molar-refractivity contribution in [2.45, 2.75) is 73.3 Å². The average molecular weight is 372 g/mol. The van der Waals surface area contributed by atoms with Crippen molar-refractivity contribution >= 4 is 11.5 Å². The van der Waals surface area contributed by atoms with E-state index in [4.69, 9.17) is 25.4 Å². The second kappa shape index (κ2) is 8.55. The molecule has 3 N–H and O–H groups in total. The number of nitrogen functional groups attached to an aromatic ring is 1. The number of nitrogens with two attached hydrogens (primary N) is 1. The predicted molar refractivity (Wildman–Crippen MR) is 113 cm³/mol. The topological polar surface area (TPSA) is 86.0 Å². The minimum Gasteiger partial charge on any atom is -0.472 e. The zero-order valence-corrected chi connectivity index (χ0v) is 17.9. The number of rotatable bonds is 7. The van der Waals surface area contributed by atoms with Gasteiger partial charge in [0.1, 0.15) is 6.10 Å². The number of aromatic nitrogens is 3. The number of aryl methyl sites for hydroxylation is 2. The summed E-state index contributed by atoms with van der Waals surface area (Å²) in [4.78, 5) is 14.3. The van der Waals surface area contributed by atoms with Crippen molar-refractivity contribution in [2.75, 3.05) is 18.1 Å². The molecule has 0 amide bonds. The molecule has 6 heteroatoms. The van der Waals surface area contributed by atoms with Gasteiger partial charge in [-0.25, -0.2) is 9.97 Å². The van der Waals surface area contributed by atoms with Crippen LogP contribution in [0.15, 0.2) is 0 Å². The van der Waals surface area contributed by atoms with Crippen LogP contribution in [0.3, 0.4) is 0 Å². The fourth-order valence-corrected chi connectivity index (χ4v) is 3.30. The first kappa shape index (κ1) is 20.9. The molecule has 0 aliphatic heterocycles. The van der Waals surface area contributed by atoms with E-state index in [1.165, 1.54) is 0 Å². The van der Waals surface area contributed by atoms with Crippen molar-refractivity contribution < 1.29 is 4.74 Å². The molecule has 2 rings (SSSR count). The Morgan fingerprint density at radius 3 is 2.15 bits per heavy atom. The van der Waals surface area contributed by atoms with Crippen LogP contribution < -0.4 is 15.8 Å². The van der Waals surface area contributed by atoms with E-state index >= 15 is 0 Å². The summed E-state index contributed by atoms with van der Waals surface area (Å²) in [6, 6.07) is 0. The van der Waals surface area contributed by atoms with Crippen LogP contribution in [0.4, 0.5) is 11.5 Å². The van der Waals surface area contributed by atoms with Crippen molar-refractivity contribution in [1.29, 1.82) is 0 Å². The van der Waals surface area contributed by atoms with Crippen LogP contribution >= 0.6 is 0 Å². The number of anilines is 2. The summed E-state index contributed by atoms with van der Waals surface area (Å²) in [7, 11) is 1.82. The molecular weight excluding hydrogens is 338 g/mol. The number of nitrogens with one attached hydrogen (secondary N) is 1. The lowest BCUT2D eigenvalue weighted by molar-refractivity contribution is 0.185. The summed E-state index contributed by atoms with van der Waals surface area (Å²) >= 11 is 0. The van der Waals surface area contributed by atoms with Crippen molar-refractivity contribution in [3.8, 4) is 17.1 Å². The smallest absolute Gasteiger partial charge is 0.257 e. The average Bonchev–Trinajstić information content (AvgIpc) is 2.63. The number of nitrogens with zero attached hydrogens (tertiary/aromatic N) is 3. The monoisotopic (exact) mass is 371 g/mol. The molecule has 2 aromatic rings. The summed E-state index contributed by atoms with van der Waals surface area (Å²) < 4.78 is 6.06. The molecule has 0 fully saturated rings. The zero-order valence-electron chi connectivity index (χ0n) is 17.9. The van der Waals surface area contributed by atoms with Crippen LogP contribution in [0.1, 0.15) is 69.1 Å². The summed E-state index contributed by atoms with van der Waals surface area (Å²) in [6.07, 6.45) is 1.97. The Morgan fingerprint density at radius 2 is 1.63 bits per heavy atom. The van der Waals surface area contributed by atoms with Crippen molar-refractivity contribution in [2.24, 2.45) is 0 Å². The van der Waals surface area contributed by atoms with Gasteiger partial charge < -0.3 is 15.8 Å². The standard InChI is InChI=1S/C21H33N5O/c1-9-15(10-2)27-21-20(23-8)26-19(14(7)25-21)16-13(6)24-18(11(3)4)12(5)17(16)22/h11,15H,9-10H2,1-8H3,(H2,22,24)(H,23,26). The van der Waals surface area contributed by atoms with Crippen LogP contribution in [-0.4, -0.2) is 28.1 Å². The second-order valence-corrected chi connectivity index (χ2v) is 7.27. The van der Waals surface area contributed by atoms with Gasteiger partial charge in [-0.15, -0.1) is 0 Å². The molecule has 0 saturated heterocycles. The molecular formula is C21H33N5O. The molecule has 0 aliphatic carbocycles. The Morgan fingerprint density at radius 1 is 1.00 bits per heavy atom. The Hall–Kier alpha value is -2.37. The van der Waals surface area contributed by atoms with Gasteiger partial charge in [0.05, 0.1) is 11.4 Å². The zero-order chi connectivity index (χ0) is 20.3. The molecule has 0 atom stereocenters. The maximum absolute atomic E-state index is 6.52. The van der Waals surface area contributed by atoms with E-state index < -0.39 is 0 Å². The van der Waals surface area contributed by atoms with E-state index in [-0.39, 0.29) is 6.10 Å². The maximum Gasteiger partial charge on any atom is 0.257 e. The second-order valence-electron chi connectivity index (χ2n) is 7.27. The lowest BCUT2D eigenvalue weighted by atomic mass is 9.97. The normalized spacial score (nSPS) is 11.3. The van der Waals surface area contributed by atoms with Gasteiger partial charge in [0.2, 0.25) is 0 Å².